The summed E-state index contributed by atoms with van der Waals surface area (Å²) in [4.78, 5) is 12.3. The van der Waals surface area contributed by atoms with Crippen LogP contribution in [0, 0.1) is 5.92 Å². The maximum absolute atomic E-state index is 12.3. The Kier molecular flexibility index (Phi) is 7.96. The van der Waals surface area contributed by atoms with Gasteiger partial charge in [-0.1, -0.05) is 19.9 Å². The van der Waals surface area contributed by atoms with Crippen LogP contribution in [0.5, 0.6) is 11.5 Å². The van der Waals surface area contributed by atoms with Crippen molar-refractivity contribution in [3.8, 4) is 11.5 Å². The summed E-state index contributed by atoms with van der Waals surface area (Å²) >= 11 is 0. The van der Waals surface area contributed by atoms with E-state index in [0.717, 1.165) is 5.56 Å². The summed E-state index contributed by atoms with van der Waals surface area (Å²) in [5.74, 6) is 5.14. The van der Waals surface area contributed by atoms with Gasteiger partial charge in [0, 0.05) is 22.5 Å². The molecule has 7 heteroatoms. The van der Waals surface area contributed by atoms with Gasteiger partial charge in [0.1, 0.15) is 5.54 Å². The molecule has 1 aromatic carbocycles. The molecule has 0 aliphatic carbocycles. The standard InChI is InChI=1S/C19H32N2O4S/c1-14(2)13-25-16-9-8-15(12-17(16)24-5)10-11-20-18(22)19(3,4)21-26(6,7)23/h8-9,12,14H,6,10-11,13H2,1-5,7H3,(H,20,22)(H,21,23). The number of hydrogen-bond donors (Lipinski definition) is 2. The topological polar surface area (TPSA) is 76.7 Å². The summed E-state index contributed by atoms with van der Waals surface area (Å²) in [5, 5.41) is 2.86. The highest BCUT2D eigenvalue weighted by molar-refractivity contribution is 7.97. The van der Waals surface area contributed by atoms with Crippen molar-refractivity contribution in [2.45, 2.75) is 39.7 Å². The Morgan fingerprint density at radius 2 is 1.96 bits per heavy atom. The first-order valence-corrected chi connectivity index (χ1v) is 10.8. The van der Waals surface area contributed by atoms with Gasteiger partial charge >= 0.3 is 0 Å². The van der Waals surface area contributed by atoms with Gasteiger partial charge in [0.25, 0.3) is 0 Å². The number of carbonyl (C=O) groups is 1. The Bertz CT molecular complexity index is 712. The Morgan fingerprint density at radius 1 is 1.31 bits per heavy atom. The molecule has 0 radical (unpaired) electrons. The zero-order valence-corrected chi connectivity index (χ0v) is 17.5. The third-order valence-electron chi connectivity index (χ3n) is 3.54. The second-order valence-corrected chi connectivity index (χ2v) is 9.64. The van der Waals surface area contributed by atoms with E-state index in [-0.39, 0.29) is 5.91 Å². The van der Waals surface area contributed by atoms with Crippen LogP contribution in [0.4, 0.5) is 0 Å². The number of benzene rings is 1. The van der Waals surface area contributed by atoms with Crippen molar-refractivity contribution in [3.63, 3.8) is 0 Å². The fourth-order valence-corrected chi connectivity index (χ4v) is 3.54. The summed E-state index contributed by atoms with van der Waals surface area (Å²) in [5.41, 5.74) is 0.0704. The van der Waals surface area contributed by atoms with Crippen LogP contribution in [-0.2, 0) is 20.9 Å². The molecule has 6 nitrogen and oxygen atoms in total. The Morgan fingerprint density at radius 3 is 2.50 bits per heavy atom. The highest BCUT2D eigenvalue weighted by Crippen LogP contribution is 2.28. The first-order chi connectivity index (χ1) is 11.9. The van der Waals surface area contributed by atoms with Crippen LogP contribution >= 0.6 is 0 Å². The van der Waals surface area contributed by atoms with Gasteiger partial charge in [0.05, 0.1) is 13.7 Å². The van der Waals surface area contributed by atoms with Crippen molar-refractivity contribution in [2.24, 2.45) is 5.92 Å². The molecule has 0 heterocycles. The molecule has 0 aromatic heterocycles. The molecular weight excluding hydrogens is 352 g/mol. The minimum Gasteiger partial charge on any atom is -0.493 e. The molecule has 0 spiro atoms. The number of rotatable bonds is 10. The average molecular weight is 385 g/mol. The zero-order chi connectivity index (χ0) is 20.0. The van der Waals surface area contributed by atoms with Gasteiger partial charge < -0.3 is 14.8 Å². The average Bonchev–Trinajstić information content (AvgIpc) is 2.50. The molecule has 0 saturated heterocycles. The first-order valence-electron chi connectivity index (χ1n) is 8.64. The van der Waals surface area contributed by atoms with Crippen molar-refractivity contribution in [1.29, 1.82) is 0 Å². The lowest BCUT2D eigenvalue weighted by atomic mass is 10.1. The van der Waals surface area contributed by atoms with Crippen molar-refractivity contribution in [3.05, 3.63) is 23.8 Å². The first kappa shape index (κ1) is 22.3. The second kappa shape index (κ2) is 9.28. The SMILES string of the molecule is C=S(C)(=O)NC(C)(C)C(=O)NCCc1ccc(OCC(C)C)c(OC)c1. The van der Waals surface area contributed by atoms with Crippen molar-refractivity contribution in [1.82, 2.24) is 10.0 Å². The van der Waals surface area contributed by atoms with Crippen LogP contribution in [0.15, 0.2) is 18.2 Å². The van der Waals surface area contributed by atoms with E-state index in [4.69, 9.17) is 9.47 Å². The molecule has 0 aliphatic rings. The van der Waals surface area contributed by atoms with Crippen LogP contribution in [0.2, 0.25) is 0 Å². The summed E-state index contributed by atoms with van der Waals surface area (Å²) in [6, 6.07) is 5.77. The van der Waals surface area contributed by atoms with Crippen LogP contribution in [0.25, 0.3) is 0 Å². The normalized spacial score (nSPS) is 14.0. The largest absolute Gasteiger partial charge is 0.493 e. The van der Waals surface area contributed by atoms with E-state index in [1.165, 1.54) is 6.26 Å². The quantitative estimate of drug-likeness (QED) is 0.605. The number of nitrogens with one attached hydrogen (secondary N) is 2. The molecule has 1 unspecified atom stereocenters. The number of ether oxygens (including phenoxy) is 2. The van der Waals surface area contributed by atoms with E-state index >= 15 is 0 Å². The maximum atomic E-state index is 12.3. The number of carbonyl (C=O) groups excluding carboxylic acids is 1. The van der Waals surface area contributed by atoms with Crippen molar-refractivity contribution < 1.29 is 18.5 Å². The minimum absolute atomic E-state index is 0.223. The second-order valence-electron chi connectivity index (χ2n) is 7.43. The Balaban J connectivity index is 2.63. The molecule has 1 aromatic rings. The summed E-state index contributed by atoms with van der Waals surface area (Å²) in [7, 11) is -0.861. The van der Waals surface area contributed by atoms with Crippen molar-refractivity contribution >= 4 is 21.5 Å². The summed E-state index contributed by atoms with van der Waals surface area (Å²) in [6.07, 6.45) is 2.12. The molecule has 26 heavy (non-hydrogen) atoms. The monoisotopic (exact) mass is 384 g/mol. The third-order valence-corrected chi connectivity index (χ3v) is 4.48. The van der Waals surface area contributed by atoms with E-state index in [0.29, 0.717) is 37.0 Å². The van der Waals surface area contributed by atoms with Gasteiger partial charge in [-0.2, -0.15) is 0 Å². The van der Waals surface area contributed by atoms with E-state index in [1.54, 1.807) is 21.0 Å². The molecule has 1 amide bonds. The third kappa shape index (κ3) is 7.66. The molecule has 1 atom stereocenters. The van der Waals surface area contributed by atoms with Crippen LogP contribution in [0.1, 0.15) is 33.3 Å². The fraction of sp³-hybridized carbons (Fsp3) is 0.579. The van der Waals surface area contributed by atoms with Crippen LogP contribution < -0.4 is 19.5 Å². The van der Waals surface area contributed by atoms with E-state index in [9.17, 15) is 9.00 Å². The number of hydrogen-bond acceptors (Lipinski definition) is 4. The molecule has 0 bridgehead atoms. The van der Waals surface area contributed by atoms with Crippen LogP contribution in [0.3, 0.4) is 0 Å². The predicted octanol–water partition coefficient (Wildman–Crippen LogP) is 2.02. The van der Waals surface area contributed by atoms with Gasteiger partial charge in [-0.25, -0.2) is 4.72 Å². The number of amides is 1. The van der Waals surface area contributed by atoms with Gasteiger partial charge in [-0.15, -0.1) is 0 Å². The molecule has 0 fully saturated rings. The number of methoxy groups -OCH3 is 1. The summed E-state index contributed by atoms with van der Waals surface area (Å²) < 4.78 is 25.7. The molecule has 1 rings (SSSR count). The lowest BCUT2D eigenvalue weighted by molar-refractivity contribution is -0.125. The molecule has 148 valence electrons. The van der Waals surface area contributed by atoms with E-state index < -0.39 is 15.2 Å². The Hall–Kier alpha value is -1.73. The highest BCUT2D eigenvalue weighted by Gasteiger charge is 2.28. The highest BCUT2D eigenvalue weighted by atomic mass is 32.2. The Labute approximate surface area is 157 Å². The molecule has 2 N–H and O–H groups in total. The van der Waals surface area contributed by atoms with Gasteiger partial charge in [-0.3, -0.25) is 9.00 Å². The molecule has 0 saturated carbocycles. The van der Waals surface area contributed by atoms with Crippen LogP contribution in [-0.4, -0.2) is 48.0 Å². The van der Waals surface area contributed by atoms with Gasteiger partial charge in [-0.05, 0) is 49.8 Å². The van der Waals surface area contributed by atoms with E-state index in [1.807, 2.05) is 18.2 Å². The van der Waals surface area contributed by atoms with Gasteiger partial charge in [0.15, 0.2) is 11.5 Å². The lowest BCUT2D eigenvalue weighted by Gasteiger charge is -2.25. The summed E-state index contributed by atoms with van der Waals surface area (Å²) in [6.45, 7) is 8.63. The molecular formula is C19H32N2O4S. The molecule has 0 aliphatic heterocycles. The zero-order valence-electron chi connectivity index (χ0n) is 16.7. The lowest BCUT2D eigenvalue weighted by Crippen LogP contribution is -2.54. The van der Waals surface area contributed by atoms with Crippen molar-refractivity contribution in [2.75, 3.05) is 26.5 Å². The van der Waals surface area contributed by atoms with Gasteiger partial charge in [0.2, 0.25) is 5.91 Å². The predicted molar refractivity (Wildman–Crippen MR) is 108 cm³/mol. The minimum atomic E-state index is -2.47. The fourth-order valence-electron chi connectivity index (χ4n) is 2.37. The maximum Gasteiger partial charge on any atom is 0.240 e. The smallest absolute Gasteiger partial charge is 0.240 e. The van der Waals surface area contributed by atoms with E-state index in [2.05, 4.69) is 29.8 Å².